The van der Waals surface area contributed by atoms with E-state index in [4.69, 9.17) is 9.47 Å². The molecule has 2 aromatic rings. The summed E-state index contributed by atoms with van der Waals surface area (Å²) in [6, 6.07) is 6.34. The van der Waals surface area contributed by atoms with E-state index in [1.807, 2.05) is 26.1 Å². The zero-order valence-electron chi connectivity index (χ0n) is 19.0. The van der Waals surface area contributed by atoms with Crippen molar-refractivity contribution in [2.75, 3.05) is 32.0 Å². The van der Waals surface area contributed by atoms with Crippen molar-refractivity contribution in [1.29, 1.82) is 0 Å². The first-order valence-electron chi connectivity index (χ1n) is 11.4. The van der Waals surface area contributed by atoms with E-state index in [1.54, 1.807) is 11.0 Å². The van der Waals surface area contributed by atoms with Gasteiger partial charge in [-0.05, 0) is 51.9 Å². The number of ether oxygens (including phenoxy) is 2. The highest BCUT2D eigenvalue weighted by atomic mass is 16.6. The Morgan fingerprint density at radius 2 is 1.91 bits per heavy atom. The molecule has 0 aromatic carbocycles. The van der Waals surface area contributed by atoms with Crippen LogP contribution in [0.15, 0.2) is 30.7 Å². The van der Waals surface area contributed by atoms with Crippen LogP contribution in [0.1, 0.15) is 51.1 Å². The highest BCUT2D eigenvalue weighted by Gasteiger charge is 2.26. The third-order valence-corrected chi connectivity index (χ3v) is 5.91. The summed E-state index contributed by atoms with van der Waals surface area (Å²) in [5, 5.41) is 3.23. The van der Waals surface area contributed by atoms with E-state index >= 15 is 0 Å². The lowest BCUT2D eigenvalue weighted by atomic mass is 10.1. The average molecular weight is 441 g/mol. The topological polar surface area (TPSA) is 92.7 Å². The van der Waals surface area contributed by atoms with Gasteiger partial charge < -0.3 is 19.7 Å². The fourth-order valence-electron chi connectivity index (χ4n) is 4.21. The van der Waals surface area contributed by atoms with Gasteiger partial charge in [0.15, 0.2) is 0 Å². The molecule has 172 valence electrons. The largest absolute Gasteiger partial charge is 0.474 e. The molecular formula is C23H32N6O3. The fraction of sp³-hybridized carbons (Fsp3) is 0.565. The summed E-state index contributed by atoms with van der Waals surface area (Å²) in [4.78, 5) is 29.2. The van der Waals surface area contributed by atoms with Crippen molar-refractivity contribution in [2.45, 2.75) is 57.8 Å². The molecule has 1 atom stereocenters. The zero-order chi connectivity index (χ0) is 22.5. The molecule has 2 fully saturated rings. The molecule has 32 heavy (non-hydrogen) atoms. The lowest BCUT2D eigenvalue weighted by Crippen LogP contribution is -2.42. The average Bonchev–Trinajstić information content (AvgIpc) is 3.20. The number of rotatable bonds is 6. The summed E-state index contributed by atoms with van der Waals surface area (Å²) in [7, 11) is 2.16. The highest BCUT2D eigenvalue weighted by Crippen LogP contribution is 2.30. The van der Waals surface area contributed by atoms with Crippen molar-refractivity contribution in [1.82, 2.24) is 24.8 Å². The molecule has 0 radical (unpaired) electrons. The first-order valence-corrected chi connectivity index (χ1v) is 11.4. The summed E-state index contributed by atoms with van der Waals surface area (Å²) in [6.45, 7) is 6.06. The number of piperidine rings is 1. The minimum atomic E-state index is -0.259. The quantitative estimate of drug-likeness (QED) is 0.726. The van der Waals surface area contributed by atoms with E-state index in [-0.39, 0.29) is 18.3 Å². The SMILES string of the molecule is CC(C)OC(=O)N1CCC(Oc2cc(Nc3ccc(C4CCCN4C)cn3)ncn2)CC1. The van der Waals surface area contributed by atoms with Gasteiger partial charge in [0, 0.05) is 44.2 Å². The molecular weight excluding hydrogens is 408 g/mol. The van der Waals surface area contributed by atoms with E-state index in [2.05, 4.69) is 38.3 Å². The zero-order valence-corrected chi connectivity index (χ0v) is 19.0. The van der Waals surface area contributed by atoms with Gasteiger partial charge >= 0.3 is 6.09 Å². The molecule has 9 heteroatoms. The van der Waals surface area contributed by atoms with Crippen LogP contribution in [0.3, 0.4) is 0 Å². The Morgan fingerprint density at radius 3 is 2.56 bits per heavy atom. The first-order chi connectivity index (χ1) is 15.5. The second-order valence-electron chi connectivity index (χ2n) is 8.72. The molecule has 1 N–H and O–H groups in total. The summed E-state index contributed by atoms with van der Waals surface area (Å²) in [6.07, 6.45) is 6.92. The molecule has 2 aliphatic heterocycles. The summed E-state index contributed by atoms with van der Waals surface area (Å²) in [5.41, 5.74) is 1.24. The van der Waals surface area contributed by atoms with Gasteiger partial charge in [0.05, 0.1) is 6.10 Å². The van der Waals surface area contributed by atoms with Crippen LogP contribution in [0.5, 0.6) is 5.88 Å². The smallest absolute Gasteiger partial charge is 0.410 e. The number of nitrogens with zero attached hydrogens (tertiary/aromatic N) is 5. The number of amides is 1. The second kappa shape index (κ2) is 10.1. The standard InChI is InChI=1S/C23H32N6O3/c1-16(2)31-23(30)29-11-8-18(9-12-29)32-22-13-21(25-15-26-22)27-20-7-6-17(14-24-20)19-5-4-10-28(19)3/h6-7,13-16,18-19H,4-5,8-12H2,1-3H3,(H,24,25,26,27). The molecule has 1 amide bonds. The van der Waals surface area contributed by atoms with E-state index in [0.717, 1.165) is 25.2 Å². The van der Waals surface area contributed by atoms with Crippen molar-refractivity contribution < 1.29 is 14.3 Å². The molecule has 9 nitrogen and oxygen atoms in total. The Bertz CT molecular complexity index is 899. The van der Waals surface area contributed by atoms with Crippen LogP contribution in [0.25, 0.3) is 0 Å². The number of hydrogen-bond donors (Lipinski definition) is 1. The summed E-state index contributed by atoms with van der Waals surface area (Å²) >= 11 is 0. The third kappa shape index (κ3) is 5.64. The number of nitrogens with one attached hydrogen (secondary N) is 1. The van der Waals surface area contributed by atoms with Crippen LogP contribution in [0.2, 0.25) is 0 Å². The lowest BCUT2D eigenvalue weighted by molar-refractivity contribution is 0.0507. The first kappa shape index (κ1) is 22.3. The van der Waals surface area contributed by atoms with E-state index in [9.17, 15) is 4.79 Å². The Labute approximate surface area is 189 Å². The molecule has 0 spiro atoms. The number of carbonyl (C=O) groups is 1. The van der Waals surface area contributed by atoms with Crippen LogP contribution >= 0.6 is 0 Å². The minimum Gasteiger partial charge on any atom is -0.474 e. The molecule has 2 saturated heterocycles. The Balaban J connectivity index is 1.30. The monoisotopic (exact) mass is 440 g/mol. The van der Waals surface area contributed by atoms with Crippen LogP contribution in [-0.4, -0.2) is 69.7 Å². The van der Waals surface area contributed by atoms with Gasteiger partial charge in [0.1, 0.15) is 24.1 Å². The number of likely N-dealkylation sites (tertiary alicyclic amines) is 2. The number of aromatic nitrogens is 3. The van der Waals surface area contributed by atoms with Crippen molar-refractivity contribution in [3.8, 4) is 5.88 Å². The van der Waals surface area contributed by atoms with Crippen molar-refractivity contribution in [2.24, 2.45) is 0 Å². The maximum absolute atomic E-state index is 12.0. The van der Waals surface area contributed by atoms with Gasteiger partial charge in [-0.2, -0.15) is 0 Å². The maximum Gasteiger partial charge on any atom is 0.410 e. The molecule has 2 aromatic heterocycles. The molecule has 0 aliphatic carbocycles. The van der Waals surface area contributed by atoms with Crippen LogP contribution in [-0.2, 0) is 4.74 Å². The van der Waals surface area contributed by atoms with Crippen molar-refractivity contribution in [3.05, 3.63) is 36.3 Å². The van der Waals surface area contributed by atoms with Gasteiger partial charge in [0.25, 0.3) is 0 Å². The Morgan fingerprint density at radius 1 is 1.09 bits per heavy atom. The van der Waals surface area contributed by atoms with Crippen LogP contribution in [0, 0.1) is 0 Å². The molecule has 1 unspecified atom stereocenters. The minimum absolute atomic E-state index is 0.00154. The van der Waals surface area contributed by atoms with E-state index in [0.29, 0.717) is 30.8 Å². The predicted molar refractivity (Wildman–Crippen MR) is 121 cm³/mol. The number of hydrogen-bond acceptors (Lipinski definition) is 8. The van der Waals surface area contributed by atoms with Gasteiger partial charge in [-0.15, -0.1) is 0 Å². The molecule has 0 saturated carbocycles. The van der Waals surface area contributed by atoms with Crippen molar-refractivity contribution in [3.63, 3.8) is 0 Å². The van der Waals surface area contributed by atoms with Crippen LogP contribution in [0.4, 0.5) is 16.4 Å². The molecule has 2 aliphatic rings. The number of carbonyl (C=O) groups excluding carboxylic acids is 1. The van der Waals surface area contributed by atoms with Crippen molar-refractivity contribution >= 4 is 17.7 Å². The summed E-state index contributed by atoms with van der Waals surface area (Å²) in [5.74, 6) is 1.87. The third-order valence-electron chi connectivity index (χ3n) is 5.91. The fourth-order valence-corrected chi connectivity index (χ4v) is 4.21. The molecule has 4 rings (SSSR count). The normalized spacial score (nSPS) is 19.9. The van der Waals surface area contributed by atoms with E-state index < -0.39 is 0 Å². The van der Waals surface area contributed by atoms with Gasteiger partial charge in [0.2, 0.25) is 5.88 Å². The second-order valence-corrected chi connectivity index (χ2v) is 8.72. The van der Waals surface area contributed by atoms with E-state index in [1.165, 1.54) is 24.7 Å². The maximum atomic E-state index is 12.0. The Kier molecular flexibility index (Phi) is 7.04. The Hall–Kier alpha value is -2.94. The summed E-state index contributed by atoms with van der Waals surface area (Å²) < 4.78 is 11.3. The highest BCUT2D eigenvalue weighted by molar-refractivity contribution is 5.67. The van der Waals surface area contributed by atoms with Gasteiger partial charge in [-0.3, -0.25) is 4.90 Å². The van der Waals surface area contributed by atoms with Crippen LogP contribution < -0.4 is 10.1 Å². The molecule has 0 bridgehead atoms. The number of anilines is 2. The predicted octanol–water partition coefficient (Wildman–Crippen LogP) is 3.77. The lowest BCUT2D eigenvalue weighted by Gasteiger charge is -2.31. The van der Waals surface area contributed by atoms with Gasteiger partial charge in [-0.1, -0.05) is 6.07 Å². The van der Waals surface area contributed by atoms with Gasteiger partial charge in [-0.25, -0.2) is 19.7 Å². The molecule has 4 heterocycles. The number of pyridine rings is 1.